The van der Waals surface area contributed by atoms with Gasteiger partial charge in [-0.1, -0.05) is 18.6 Å². The lowest BCUT2D eigenvalue weighted by Gasteiger charge is -2.16. The number of hydrogen-bond donors (Lipinski definition) is 1. The van der Waals surface area contributed by atoms with Crippen LogP contribution in [0.4, 0.5) is 5.69 Å². The van der Waals surface area contributed by atoms with Crippen LogP contribution >= 0.6 is 0 Å². The van der Waals surface area contributed by atoms with Crippen LogP contribution < -0.4 is 4.74 Å². The van der Waals surface area contributed by atoms with E-state index in [9.17, 15) is 14.4 Å². The van der Waals surface area contributed by atoms with Gasteiger partial charge < -0.3 is 14.6 Å². The fraction of sp³-hybridized carbons (Fsp3) is 0.421. The Bertz CT molecular complexity index is 833. The van der Waals surface area contributed by atoms with Crippen molar-refractivity contribution < 1.29 is 29.0 Å². The molecule has 138 valence electrons. The van der Waals surface area contributed by atoms with Crippen LogP contribution in [-0.2, 0) is 27.4 Å². The minimum Gasteiger partial charge on any atom is -0.496 e. The van der Waals surface area contributed by atoms with Gasteiger partial charge >= 0.3 is 11.9 Å². The molecule has 7 nitrogen and oxygen atoms in total. The number of aliphatic carboxylic acids is 1. The van der Waals surface area contributed by atoms with E-state index in [1.807, 2.05) is 26.8 Å². The highest BCUT2D eigenvalue weighted by atomic mass is 16.5. The normalized spacial score (nSPS) is 14.3. The monoisotopic (exact) mass is 359 g/mol. The van der Waals surface area contributed by atoms with Crippen LogP contribution in [0.1, 0.15) is 47.3 Å². The number of carboxylic acids is 1. The topological polar surface area (TPSA) is 102 Å². The summed E-state index contributed by atoms with van der Waals surface area (Å²) in [7, 11) is 1.51. The summed E-state index contributed by atoms with van der Waals surface area (Å²) in [4.78, 5) is 37.6. The number of carbonyl (C=O) groups is 2. The van der Waals surface area contributed by atoms with E-state index >= 15 is 0 Å². The molecule has 0 aliphatic carbocycles. The first kappa shape index (κ1) is 19.4. The number of carbonyl (C=O) groups excluding carboxylic acids is 2. The number of methoxy groups -OCH3 is 1. The molecule has 1 aromatic carbocycles. The highest BCUT2D eigenvalue weighted by Crippen LogP contribution is 2.42. The molecular formula is C19H21NO6. The molecule has 0 radical (unpaired) electrons. The number of aliphatic imine (C=N–C) groups is 1. The number of carboxylic acid groups (broad SMARTS) is 1. The lowest BCUT2D eigenvalue weighted by atomic mass is 9.92. The number of esters is 1. The van der Waals surface area contributed by atoms with Crippen LogP contribution in [0.15, 0.2) is 16.6 Å². The van der Waals surface area contributed by atoms with Gasteiger partial charge in [0.1, 0.15) is 12.4 Å². The van der Waals surface area contributed by atoms with Gasteiger partial charge in [-0.2, -0.15) is 4.99 Å². The van der Waals surface area contributed by atoms with Crippen LogP contribution in [-0.4, -0.2) is 30.2 Å². The lowest BCUT2D eigenvalue weighted by molar-refractivity contribution is -0.137. The van der Waals surface area contributed by atoms with E-state index in [2.05, 4.69) is 4.99 Å². The van der Waals surface area contributed by atoms with Gasteiger partial charge in [-0.15, -0.1) is 0 Å². The number of allylic oxidation sites excluding steroid dienone is 2. The molecule has 26 heavy (non-hydrogen) atoms. The predicted molar refractivity (Wildman–Crippen MR) is 93.5 cm³/mol. The third-order valence-corrected chi connectivity index (χ3v) is 4.69. The maximum atomic E-state index is 12.1. The molecule has 0 saturated heterocycles. The number of benzene rings is 1. The van der Waals surface area contributed by atoms with Gasteiger partial charge in [0.2, 0.25) is 6.08 Å². The first-order valence-electron chi connectivity index (χ1n) is 8.17. The molecule has 1 atom stereocenters. The molecule has 1 aromatic rings. The zero-order valence-electron chi connectivity index (χ0n) is 15.2. The lowest BCUT2D eigenvalue weighted by Crippen LogP contribution is -2.06. The van der Waals surface area contributed by atoms with Crippen molar-refractivity contribution in [3.8, 4) is 5.75 Å². The number of isocyanates is 1. The van der Waals surface area contributed by atoms with Crippen molar-refractivity contribution in [2.24, 2.45) is 10.9 Å². The van der Waals surface area contributed by atoms with Gasteiger partial charge in [0.05, 0.1) is 24.8 Å². The Morgan fingerprint density at radius 3 is 2.77 bits per heavy atom. The molecule has 1 heterocycles. The number of nitrogens with zero attached hydrogens (tertiary/aromatic N) is 1. The van der Waals surface area contributed by atoms with Gasteiger partial charge in [0.25, 0.3) is 0 Å². The zero-order valence-corrected chi connectivity index (χ0v) is 15.2. The summed E-state index contributed by atoms with van der Waals surface area (Å²) >= 11 is 0. The van der Waals surface area contributed by atoms with Gasteiger partial charge in [-0.25, -0.2) is 9.59 Å². The Kier molecular flexibility index (Phi) is 5.95. The second-order valence-electron chi connectivity index (χ2n) is 6.27. The first-order valence-corrected chi connectivity index (χ1v) is 8.17. The summed E-state index contributed by atoms with van der Waals surface area (Å²) in [5.74, 6) is -1.01. The maximum Gasteiger partial charge on any atom is 0.341 e. The van der Waals surface area contributed by atoms with Gasteiger partial charge in [0, 0.05) is 11.1 Å². The van der Waals surface area contributed by atoms with Crippen LogP contribution in [0, 0.1) is 12.8 Å². The van der Waals surface area contributed by atoms with Crippen LogP contribution in [0.25, 0.3) is 0 Å². The molecule has 1 aliphatic rings. The predicted octanol–water partition coefficient (Wildman–Crippen LogP) is 3.24. The molecule has 0 aromatic heterocycles. The summed E-state index contributed by atoms with van der Waals surface area (Å²) in [6, 6.07) is 0. The molecule has 0 saturated carbocycles. The molecule has 2 rings (SSSR count). The van der Waals surface area contributed by atoms with Crippen molar-refractivity contribution in [1.82, 2.24) is 0 Å². The molecule has 0 spiro atoms. The van der Waals surface area contributed by atoms with Gasteiger partial charge in [0.15, 0.2) is 0 Å². The molecule has 0 fully saturated rings. The van der Waals surface area contributed by atoms with E-state index in [1.54, 1.807) is 0 Å². The zero-order chi connectivity index (χ0) is 19.4. The second-order valence-corrected chi connectivity index (χ2v) is 6.27. The summed E-state index contributed by atoms with van der Waals surface area (Å²) in [6.45, 7) is 5.61. The van der Waals surface area contributed by atoms with E-state index in [1.165, 1.54) is 13.2 Å². The van der Waals surface area contributed by atoms with E-state index < -0.39 is 11.9 Å². The van der Waals surface area contributed by atoms with E-state index in [0.717, 1.165) is 11.1 Å². The maximum absolute atomic E-state index is 12.1. The first-order chi connectivity index (χ1) is 12.3. The number of rotatable bonds is 7. The second kappa shape index (κ2) is 7.97. The van der Waals surface area contributed by atoms with Crippen LogP contribution in [0.3, 0.4) is 0 Å². The minimum absolute atomic E-state index is 0.0222. The Morgan fingerprint density at radius 2 is 2.19 bits per heavy atom. The highest BCUT2D eigenvalue weighted by Gasteiger charge is 2.32. The number of fused-ring (bicyclic) bond motifs is 1. The van der Waals surface area contributed by atoms with Crippen LogP contribution in [0.5, 0.6) is 5.75 Å². The largest absolute Gasteiger partial charge is 0.496 e. The molecule has 0 bridgehead atoms. The van der Waals surface area contributed by atoms with Crippen molar-refractivity contribution in [3.63, 3.8) is 0 Å². The van der Waals surface area contributed by atoms with E-state index in [0.29, 0.717) is 23.3 Å². The molecular weight excluding hydrogens is 338 g/mol. The highest BCUT2D eigenvalue weighted by molar-refractivity contribution is 6.01. The minimum atomic E-state index is -0.870. The fourth-order valence-electron chi connectivity index (χ4n) is 3.08. The summed E-state index contributed by atoms with van der Waals surface area (Å²) in [5, 5.41) is 8.93. The molecule has 0 amide bonds. The Labute approximate surface area is 151 Å². The van der Waals surface area contributed by atoms with E-state index in [4.69, 9.17) is 14.6 Å². The average Bonchev–Trinajstić information content (AvgIpc) is 2.97. The summed E-state index contributed by atoms with van der Waals surface area (Å²) in [6.07, 6.45) is 3.71. The number of hydrogen-bond acceptors (Lipinski definition) is 6. The summed E-state index contributed by atoms with van der Waals surface area (Å²) < 4.78 is 10.6. The Morgan fingerprint density at radius 1 is 1.50 bits per heavy atom. The SMILES string of the molecule is COc1c(C)c2c(c(N=C=O)c1C/C=C(\C)C(C)CC(=O)O)C(=O)OC2. The van der Waals surface area contributed by atoms with Crippen molar-refractivity contribution in [2.75, 3.05) is 7.11 Å². The van der Waals surface area contributed by atoms with E-state index in [-0.39, 0.29) is 30.2 Å². The van der Waals surface area contributed by atoms with Gasteiger partial charge in [-0.05, 0) is 31.7 Å². The standard InChI is InChI=1S/C19H21NO6/c1-10(11(2)7-15(22)23)5-6-13-17(20-9-21)16-14(8-26-19(16)24)12(3)18(13)25-4/h5,11H,6-8H2,1-4H3,(H,22,23)/b10-5+. The summed E-state index contributed by atoms with van der Waals surface area (Å²) in [5.41, 5.74) is 3.35. The fourth-order valence-corrected chi connectivity index (χ4v) is 3.08. The molecule has 1 N–H and O–H groups in total. The molecule has 1 unspecified atom stereocenters. The van der Waals surface area contributed by atoms with Crippen molar-refractivity contribution >= 4 is 23.7 Å². The molecule has 1 aliphatic heterocycles. The van der Waals surface area contributed by atoms with Gasteiger partial charge in [-0.3, -0.25) is 4.79 Å². The van der Waals surface area contributed by atoms with Crippen molar-refractivity contribution in [2.45, 2.75) is 40.2 Å². The quantitative estimate of drug-likeness (QED) is 0.347. The van der Waals surface area contributed by atoms with Crippen LogP contribution in [0.2, 0.25) is 0 Å². The third-order valence-electron chi connectivity index (χ3n) is 4.69. The Hall–Kier alpha value is -2.92. The molecule has 7 heteroatoms. The Balaban J connectivity index is 2.55. The smallest absolute Gasteiger partial charge is 0.341 e. The number of cyclic esters (lactones) is 1. The number of ether oxygens (including phenoxy) is 2. The van der Waals surface area contributed by atoms with Crippen molar-refractivity contribution in [1.29, 1.82) is 0 Å². The third kappa shape index (κ3) is 3.68. The van der Waals surface area contributed by atoms with Crippen molar-refractivity contribution in [3.05, 3.63) is 33.9 Å². The average molecular weight is 359 g/mol.